The van der Waals surface area contributed by atoms with Gasteiger partial charge < -0.3 is 10.1 Å². The Bertz CT molecular complexity index is 458. The van der Waals surface area contributed by atoms with Gasteiger partial charge in [0.15, 0.2) is 0 Å². The van der Waals surface area contributed by atoms with E-state index in [0.717, 1.165) is 12.1 Å². The van der Waals surface area contributed by atoms with Crippen molar-refractivity contribution in [2.45, 2.75) is 45.8 Å². The number of hydrogen-bond acceptors (Lipinski definition) is 4. The van der Waals surface area contributed by atoms with Gasteiger partial charge in [0.25, 0.3) is 5.69 Å². The van der Waals surface area contributed by atoms with E-state index in [2.05, 4.69) is 5.32 Å². The van der Waals surface area contributed by atoms with Crippen molar-refractivity contribution < 1.29 is 9.66 Å². The minimum absolute atomic E-state index is 0.142. The van der Waals surface area contributed by atoms with Crippen LogP contribution in [0.3, 0.4) is 0 Å². The molecule has 1 N–H and O–H groups in total. The molecule has 19 heavy (non-hydrogen) atoms. The Hall–Kier alpha value is -1.62. The SMILES string of the molecule is COC(C)(C)CC(C)Nc1cccc([N+](=O)[O-])c1C. The number of nitro groups is 1. The van der Waals surface area contributed by atoms with E-state index in [4.69, 9.17) is 4.74 Å². The smallest absolute Gasteiger partial charge is 0.274 e. The molecule has 0 aliphatic heterocycles. The maximum Gasteiger partial charge on any atom is 0.274 e. The molecule has 0 aliphatic carbocycles. The monoisotopic (exact) mass is 266 g/mol. The van der Waals surface area contributed by atoms with Crippen LogP contribution in [0.1, 0.15) is 32.8 Å². The van der Waals surface area contributed by atoms with E-state index in [-0.39, 0.29) is 22.3 Å². The molecule has 0 saturated heterocycles. The van der Waals surface area contributed by atoms with Crippen LogP contribution in [-0.4, -0.2) is 23.7 Å². The summed E-state index contributed by atoms with van der Waals surface area (Å²) in [6.45, 7) is 7.84. The van der Waals surface area contributed by atoms with Crippen LogP contribution < -0.4 is 5.32 Å². The second-order valence-corrected chi connectivity index (χ2v) is 5.42. The number of anilines is 1. The van der Waals surface area contributed by atoms with Crippen molar-refractivity contribution in [1.82, 2.24) is 0 Å². The van der Waals surface area contributed by atoms with Crippen LogP contribution in [0.5, 0.6) is 0 Å². The molecule has 0 spiro atoms. The van der Waals surface area contributed by atoms with E-state index in [9.17, 15) is 10.1 Å². The van der Waals surface area contributed by atoms with E-state index in [1.165, 1.54) is 6.07 Å². The largest absolute Gasteiger partial charge is 0.382 e. The molecule has 0 fully saturated rings. The Morgan fingerprint density at radius 2 is 2.11 bits per heavy atom. The highest BCUT2D eigenvalue weighted by Crippen LogP contribution is 2.27. The fourth-order valence-corrected chi connectivity index (χ4v) is 2.11. The lowest BCUT2D eigenvalue weighted by atomic mass is 9.99. The van der Waals surface area contributed by atoms with Gasteiger partial charge in [0.2, 0.25) is 0 Å². The molecule has 106 valence electrons. The second kappa shape index (κ2) is 6.02. The molecular formula is C14H22N2O3. The summed E-state index contributed by atoms with van der Waals surface area (Å²) in [6, 6.07) is 5.24. The van der Waals surface area contributed by atoms with Gasteiger partial charge in [-0.3, -0.25) is 10.1 Å². The van der Waals surface area contributed by atoms with Crippen LogP contribution in [0.15, 0.2) is 18.2 Å². The van der Waals surface area contributed by atoms with E-state index in [1.807, 2.05) is 26.8 Å². The van der Waals surface area contributed by atoms with E-state index in [0.29, 0.717) is 5.56 Å². The average molecular weight is 266 g/mol. The molecule has 1 rings (SSSR count). The third kappa shape index (κ3) is 4.21. The van der Waals surface area contributed by atoms with Crippen molar-refractivity contribution in [3.8, 4) is 0 Å². The Morgan fingerprint density at radius 1 is 1.47 bits per heavy atom. The lowest BCUT2D eigenvalue weighted by Gasteiger charge is -2.28. The molecule has 1 atom stereocenters. The summed E-state index contributed by atoms with van der Waals surface area (Å²) >= 11 is 0. The third-order valence-corrected chi connectivity index (χ3v) is 3.25. The third-order valence-electron chi connectivity index (χ3n) is 3.25. The first kappa shape index (κ1) is 15.4. The molecule has 1 aromatic carbocycles. The zero-order valence-corrected chi connectivity index (χ0v) is 12.2. The second-order valence-electron chi connectivity index (χ2n) is 5.42. The molecule has 5 nitrogen and oxygen atoms in total. The minimum atomic E-state index is -0.357. The standard InChI is InChI=1S/C14H22N2O3/c1-10(9-14(3,4)19-5)15-12-7-6-8-13(11(12)2)16(17)18/h6-8,10,15H,9H2,1-5H3. The van der Waals surface area contributed by atoms with Gasteiger partial charge in [-0.25, -0.2) is 0 Å². The molecule has 0 aliphatic rings. The molecule has 5 heteroatoms. The zero-order valence-electron chi connectivity index (χ0n) is 12.2. The molecule has 0 bridgehead atoms. The Balaban J connectivity index is 2.83. The molecule has 1 aromatic rings. The molecule has 0 heterocycles. The van der Waals surface area contributed by atoms with E-state index < -0.39 is 0 Å². The van der Waals surface area contributed by atoms with Crippen LogP contribution in [0.2, 0.25) is 0 Å². The first-order valence-corrected chi connectivity index (χ1v) is 6.32. The predicted octanol–water partition coefficient (Wildman–Crippen LogP) is 3.52. The van der Waals surface area contributed by atoms with Crippen molar-refractivity contribution in [3.05, 3.63) is 33.9 Å². The molecule has 1 unspecified atom stereocenters. The zero-order chi connectivity index (χ0) is 14.6. The van der Waals surface area contributed by atoms with Crippen LogP contribution in [0.25, 0.3) is 0 Å². The normalized spacial score (nSPS) is 13.1. The highest BCUT2D eigenvalue weighted by atomic mass is 16.6. The first-order valence-electron chi connectivity index (χ1n) is 6.32. The van der Waals surface area contributed by atoms with Crippen LogP contribution in [0, 0.1) is 17.0 Å². The van der Waals surface area contributed by atoms with E-state index in [1.54, 1.807) is 20.1 Å². The van der Waals surface area contributed by atoms with Crippen LogP contribution in [-0.2, 0) is 4.74 Å². The van der Waals surface area contributed by atoms with Gasteiger partial charge in [-0.05, 0) is 40.2 Å². The number of ether oxygens (including phenoxy) is 1. The summed E-state index contributed by atoms with van der Waals surface area (Å²) in [7, 11) is 1.69. The van der Waals surface area contributed by atoms with Gasteiger partial charge in [0.05, 0.1) is 10.5 Å². The summed E-state index contributed by atoms with van der Waals surface area (Å²) in [4.78, 5) is 10.5. The molecule has 0 saturated carbocycles. The summed E-state index contributed by atoms with van der Waals surface area (Å²) < 4.78 is 5.39. The Labute approximate surface area is 114 Å². The van der Waals surface area contributed by atoms with Crippen LogP contribution >= 0.6 is 0 Å². The Morgan fingerprint density at radius 3 is 2.63 bits per heavy atom. The van der Waals surface area contributed by atoms with Crippen molar-refractivity contribution in [3.63, 3.8) is 0 Å². The number of rotatable bonds is 6. The number of benzene rings is 1. The molecule has 0 amide bonds. The number of methoxy groups -OCH3 is 1. The minimum Gasteiger partial charge on any atom is -0.382 e. The predicted molar refractivity (Wildman–Crippen MR) is 76.6 cm³/mol. The van der Waals surface area contributed by atoms with Gasteiger partial charge in [0, 0.05) is 30.5 Å². The lowest BCUT2D eigenvalue weighted by Crippen LogP contribution is -2.31. The van der Waals surface area contributed by atoms with Gasteiger partial charge in [-0.2, -0.15) is 0 Å². The maximum atomic E-state index is 10.9. The van der Waals surface area contributed by atoms with Crippen LogP contribution in [0.4, 0.5) is 11.4 Å². The van der Waals surface area contributed by atoms with Crippen molar-refractivity contribution in [2.24, 2.45) is 0 Å². The fraction of sp³-hybridized carbons (Fsp3) is 0.571. The quantitative estimate of drug-likeness (QED) is 0.632. The van der Waals surface area contributed by atoms with Gasteiger partial charge in [-0.1, -0.05) is 6.07 Å². The number of hydrogen-bond donors (Lipinski definition) is 1. The van der Waals surface area contributed by atoms with Crippen molar-refractivity contribution in [2.75, 3.05) is 12.4 Å². The number of nitrogens with zero attached hydrogens (tertiary/aromatic N) is 1. The molecular weight excluding hydrogens is 244 g/mol. The number of nitrogens with one attached hydrogen (secondary N) is 1. The maximum absolute atomic E-state index is 10.9. The average Bonchev–Trinajstić information content (AvgIpc) is 2.30. The van der Waals surface area contributed by atoms with Crippen molar-refractivity contribution >= 4 is 11.4 Å². The van der Waals surface area contributed by atoms with Gasteiger partial charge in [-0.15, -0.1) is 0 Å². The number of nitro benzene ring substituents is 1. The summed E-state index contributed by atoms with van der Waals surface area (Å²) in [5, 5.41) is 14.2. The summed E-state index contributed by atoms with van der Waals surface area (Å²) in [6.07, 6.45) is 0.811. The van der Waals surface area contributed by atoms with Gasteiger partial charge >= 0.3 is 0 Å². The topological polar surface area (TPSA) is 64.4 Å². The highest BCUT2D eigenvalue weighted by molar-refractivity contribution is 5.60. The first-order chi connectivity index (χ1) is 8.76. The fourth-order valence-electron chi connectivity index (χ4n) is 2.11. The highest BCUT2D eigenvalue weighted by Gasteiger charge is 2.21. The molecule has 0 radical (unpaired) electrons. The van der Waals surface area contributed by atoms with Crippen molar-refractivity contribution in [1.29, 1.82) is 0 Å². The van der Waals surface area contributed by atoms with Gasteiger partial charge in [0.1, 0.15) is 0 Å². The Kier molecular flexibility index (Phi) is 4.89. The summed E-state index contributed by atoms with van der Waals surface area (Å²) in [5.41, 5.74) is 1.38. The molecule has 0 aromatic heterocycles. The lowest BCUT2D eigenvalue weighted by molar-refractivity contribution is -0.385. The summed E-state index contributed by atoms with van der Waals surface area (Å²) in [5.74, 6) is 0. The van der Waals surface area contributed by atoms with E-state index >= 15 is 0 Å².